The van der Waals surface area contributed by atoms with Crippen molar-refractivity contribution in [3.05, 3.63) is 57.5 Å². The Hall–Kier alpha value is -2.21. The van der Waals surface area contributed by atoms with Crippen LogP contribution in [0.2, 0.25) is 0 Å². The fourth-order valence-electron chi connectivity index (χ4n) is 2.88. The van der Waals surface area contributed by atoms with Crippen molar-refractivity contribution in [2.45, 2.75) is 15.8 Å². The predicted octanol–water partition coefficient (Wildman–Crippen LogP) is 5.77. The van der Waals surface area contributed by atoms with Gasteiger partial charge in [0, 0.05) is 27.8 Å². The minimum Gasteiger partial charge on any atom is -0.324 e. The summed E-state index contributed by atoms with van der Waals surface area (Å²) in [6.45, 7) is 0. The summed E-state index contributed by atoms with van der Waals surface area (Å²) in [7, 11) is 1.62. The van der Waals surface area contributed by atoms with E-state index in [1.54, 1.807) is 36.6 Å². The average molecular weight is 496 g/mol. The third-order valence-corrected chi connectivity index (χ3v) is 7.86. The molecule has 5 nitrogen and oxygen atoms in total. The zero-order valence-electron chi connectivity index (χ0n) is 16.0. The van der Waals surface area contributed by atoms with Crippen LogP contribution in [0.1, 0.15) is 0 Å². The van der Waals surface area contributed by atoms with Gasteiger partial charge in [0.25, 0.3) is 11.3 Å². The number of nitrogens with zero attached hydrogens (tertiary/aromatic N) is 2. The Kier molecular flexibility index (Phi) is 6.75. The molecule has 3 heterocycles. The molecule has 0 saturated carbocycles. The lowest BCUT2D eigenvalue weighted by Gasteiger charge is -2.11. The molecule has 3 aromatic heterocycles. The fourth-order valence-corrected chi connectivity index (χ4v) is 6.05. The second-order valence-corrected chi connectivity index (χ2v) is 10.1. The van der Waals surface area contributed by atoms with Crippen molar-refractivity contribution < 1.29 is 13.6 Å². The van der Waals surface area contributed by atoms with E-state index < -0.39 is 5.76 Å². The molecule has 4 aromatic rings. The van der Waals surface area contributed by atoms with Gasteiger partial charge in [0.15, 0.2) is 5.16 Å². The van der Waals surface area contributed by atoms with Gasteiger partial charge in [-0.3, -0.25) is 14.2 Å². The SMILES string of the molecule is Cn1c(SCC(=O)Nc2ccccc2SC(F)F)nc2scc(-c3cccs3)c2c1=O. The molecule has 1 aromatic carbocycles. The molecule has 0 unspecified atom stereocenters. The van der Waals surface area contributed by atoms with Crippen molar-refractivity contribution in [2.75, 3.05) is 11.1 Å². The standard InChI is InChI=1S/C20H15F2N3O2S4/c1-25-18(27)16-11(13-7-4-8-28-13)9-29-17(16)24-20(25)30-10-15(26)23-12-5-2-3-6-14(12)31-19(21)22/h2-9,19H,10H2,1H3,(H,23,26). The highest BCUT2D eigenvalue weighted by Crippen LogP contribution is 2.35. The van der Waals surface area contributed by atoms with Gasteiger partial charge in [-0.05, 0) is 23.6 Å². The van der Waals surface area contributed by atoms with Gasteiger partial charge >= 0.3 is 0 Å². The number of nitrogens with one attached hydrogen (secondary N) is 1. The second kappa shape index (κ2) is 9.51. The first-order chi connectivity index (χ1) is 14.9. The molecular weight excluding hydrogens is 481 g/mol. The third kappa shape index (κ3) is 4.84. The van der Waals surface area contributed by atoms with Gasteiger partial charge in [0.05, 0.1) is 16.8 Å². The molecule has 0 spiro atoms. The van der Waals surface area contributed by atoms with Gasteiger partial charge in [-0.1, -0.05) is 41.7 Å². The number of thioether (sulfide) groups is 2. The van der Waals surface area contributed by atoms with Crippen LogP contribution in [0.5, 0.6) is 0 Å². The second-order valence-electron chi connectivity index (χ2n) is 6.28. The lowest BCUT2D eigenvalue weighted by atomic mass is 10.2. The largest absolute Gasteiger partial charge is 0.324 e. The minimum atomic E-state index is -2.58. The first kappa shape index (κ1) is 22.0. The summed E-state index contributed by atoms with van der Waals surface area (Å²) in [5, 5.41) is 7.52. The third-order valence-electron chi connectivity index (χ3n) is 4.27. The number of para-hydroxylation sites is 1. The van der Waals surface area contributed by atoms with E-state index in [9.17, 15) is 18.4 Å². The minimum absolute atomic E-state index is 0.0113. The van der Waals surface area contributed by atoms with E-state index in [-0.39, 0.29) is 17.2 Å². The molecular formula is C20H15F2N3O2S4. The van der Waals surface area contributed by atoms with Crippen LogP contribution in [0.3, 0.4) is 0 Å². The number of alkyl halides is 2. The maximum Gasteiger partial charge on any atom is 0.288 e. The molecule has 0 fully saturated rings. The van der Waals surface area contributed by atoms with Crippen LogP contribution in [0, 0.1) is 0 Å². The van der Waals surface area contributed by atoms with Crippen LogP contribution in [0.25, 0.3) is 20.7 Å². The maximum atomic E-state index is 13.0. The van der Waals surface area contributed by atoms with E-state index in [4.69, 9.17) is 0 Å². The zero-order valence-corrected chi connectivity index (χ0v) is 19.3. The summed E-state index contributed by atoms with van der Waals surface area (Å²) in [5.74, 6) is -2.96. The highest BCUT2D eigenvalue weighted by molar-refractivity contribution is 8.00. The lowest BCUT2D eigenvalue weighted by molar-refractivity contribution is -0.113. The monoisotopic (exact) mass is 495 g/mol. The number of carbonyl (C=O) groups is 1. The van der Waals surface area contributed by atoms with Crippen LogP contribution in [-0.4, -0.2) is 27.0 Å². The van der Waals surface area contributed by atoms with Gasteiger partial charge in [0.1, 0.15) is 4.83 Å². The van der Waals surface area contributed by atoms with Crippen molar-refractivity contribution in [3.63, 3.8) is 0 Å². The maximum absolute atomic E-state index is 13.0. The molecule has 4 rings (SSSR count). The molecule has 1 amide bonds. The van der Waals surface area contributed by atoms with Crippen molar-refractivity contribution in [2.24, 2.45) is 7.05 Å². The number of thiophene rings is 2. The smallest absolute Gasteiger partial charge is 0.288 e. The van der Waals surface area contributed by atoms with Gasteiger partial charge < -0.3 is 5.32 Å². The fraction of sp³-hybridized carbons (Fsp3) is 0.150. The number of fused-ring (bicyclic) bond motifs is 1. The molecule has 31 heavy (non-hydrogen) atoms. The molecule has 1 N–H and O–H groups in total. The molecule has 0 radical (unpaired) electrons. The number of aromatic nitrogens is 2. The molecule has 0 aliphatic heterocycles. The van der Waals surface area contributed by atoms with Crippen LogP contribution in [0.15, 0.2) is 62.0 Å². The number of hydrogen-bond donors (Lipinski definition) is 1. The number of amides is 1. The van der Waals surface area contributed by atoms with E-state index in [1.165, 1.54) is 22.0 Å². The summed E-state index contributed by atoms with van der Waals surface area (Å²) in [5.41, 5.74) is 1.02. The Morgan fingerprint density at radius 3 is 2.77 bits per heavy atom. The number of anilines is 1. The van der Waals surface area contributed by atoms with Gasteiger partial charge in [-0.2, -0.15) is 8.78 Å². The molecule has 160 valence electrons. The summed E-state index contributed by atoms with van der Waals surface area (Å²) in [6, 6.07) is 10.3. The molecule has 0 saturated heterocycles. The molecule has 0 bridgehead atoms. The van der Waals surface area contributed by atoms with E-state index in [2.05, 4.69) is 10.3 Å². The van der Waals surface area contributed by atoms with E-state index in [1.807, 2.05) is 22.9 Å². The van der Waals surface area contributed by atoms with E-state index in [0.717, 1.165) is 22.2 Å². The quantitative estimate of drug-likeness (QED) is 0.261. The number of carbonyl (C=O) groups excluding carboxylic acids is 1. The first-order valence-corrected chi connectivity index (χ1v) is 12.5. The lowest BCUT2D eigenvalue weighted by Crippen LogP contribution is -2.21. The van der Waals surface area contributed by atoms with Crippen LogP contribution < -0.4 is 10.9 Å². The van der Waals surface area contributed by atoms with Gasteiger partial charge in [-0.15, -0.1) is 22.7 Å². The van der Waals surface area contributed by atoms with Crippen molar-refractivity contribution in [1.82, 2.24) is 9.55 Å². The predicted molar refractivity (Wildman–Crippen MR) is 126 cm³/mol. The number of halogens is 2. The van der Waals surface area contributed by atoms with Crippen molar-refractivity contribution >= 4 is 68.0 Å². The summed E-state index contributed by atoms with van der Waals surface area (Å²) >= 11 is 4.45. The Morgan fingerprint density at radius 1 is 1.23 bits per heavy atom. The summed E-state index contributed by atoms with van der Waals surface area (Å²) in [6.07, 6.45) is 0. The highest BCUT2D eigenvalue weighted by atomic mass is 32.2. The van der Waals surface area contributed by atoms with Gasteiger partial charge in [0.2, 0.25) is 5.91 Å². The molecule has 0 atom stereocenters. The molecule has 0 aliphatic carbocycles. The Labute approximate surface area is 192 Å². The number of rotatable bonds is 7. The van der Waals surface area contributed by atoms with Crippen LogP contribution in [0.4, 0.5) is 14.5 Å². The highest BCUT2D eigenvalue weighted by Gasteiger charge is 2.17. The Morgan fingerprint density at radius 2 is 2.03 bits per heavy atom. The normalized spacial score (nSPS) is 11.4. The van der Waals surface area contributed by atoms with Crippen molar-refractivity contribution in [3.8, 4) is 10.4 Å². The Bertz CT molecular complexity index is 1290. The molecule has 11 heteroatoms. The average Bonchev–Trinajstić information content (AvgIpc) is 3.40. The van der Waals surface area contributed by atoms with Crippen LogP contribution >= 0.6 is 46.2 Å². The van der Waals surface area contributed by atoms with Crippen molar-refractivity contribution in [1.29, 1.82) is 0 Å². The Balaban J connectivity index is 1.52. The summed E-state index contributed by atoms with van der Waals surface area (Å²) < 4.78 is 26.9. The molecule has 0 aliphatic rings. The first-order valence-electron chi connectivity index (χ1n) is 8.92. The zero-order chi connectivity index (χ0) is 22.0. The number of hydrogen-bond acceptors (Lipinski definition) is 7. The summed E-state index contributed by atoms with van der Waals surface area (Å²) in [4.78, 5) is 31.8. The van der Waals surface area contributed by atoms with Crippen LogP contribution in [-0.2, 0) is 11.8 Å². The van der Waals surface area contributed by atoms with E-state index >= 15 is 0 Å². The van der Waals surface area contributed by atoms with E-state index in [0.29, 0.717) is 37.7 Å². The number of benzene rings is 1. The topological polar surface area (TPSA) is 64.0 Å². The van der Waals surface area contributed by atoms with Gasteiger partial charge in [-0.25, -0.2) is 4.98 Å².